The van der Waals surface area contributed by atoms with Crippen LogP contribution in [0.15, 0.2) is 36.7 Å². The van der Waals surface area contributed by atoms with Gasteiger partial charge in [-0.3, -0.25) is 4.79 Å². The van der Waals surface area contributed by atoms with Crippen LogP contribution in [0, 0.1) is 0 Å². The van der Waals surface area contributed by atoms with Crippen LogP contribution < -0.4 is 9.47 Å². The number of hydrogen-bond donors (Lipinski definition) is 0. The molecular formula is C29H44N2O4. The third-order valence-corrected chi connectivity index (χ3v) is 5.82. The molecule has 0 aliphatic rings. The van der Waals surface area contributed by atoms with Gasteiger partial charge in [0.15, 0.2) is 11.6 Å². The van der Waals surface area contributed by atoms with E-state index in [0.29, 0.717) is 24.6 Å². The first-order chi connectivity index (χ1) is 17.1. The van der Waals surface area contributed by atoms with Crippen LogP contribution in [0.4, 0.5) is 0 Å². The minimum atomic E-state index is -0.0976. The fourth-order valence-corrected chi connectivity index (χ4v) is 3.76. The molecule has 1 aromatic carbocycles. The molecule has 0 spiro atoms. The zero-order valence-electron chi connectivity index (χ0n) is 22.0. The Labute approximate surface area is 211 Å². The van der Waals surface area contributed by atoms with Gasteiger partial charge in [0.05, 0.1) is 31.7 Å². The molecule has 0 aliphatic heterocycles. The van der Waals surface area contributed by atoms with E-state index in [1.165, 1.54) is 32.1 Å². The van der Waals surface area contributed by atoms with Crippen LogP contribution in [-0.2, 0) is 9.53 Å². The van der Waals surface area contributed by atoms with Crippen molar-refractivity contribution >= 4 is 5.97 Å². The second-order valence-electron chi connectivity index (χ2n) is 9.13. The average molecular weight is 485 g/mol. The molecule has 0 N–H and O–H groups in total. The number of benzene rings is 1. The topological polar surface area (TPSA) is 70.5 Å². The number of unbranched alkanes of at least 4 members (excludes halogenated alkanes) is 7. The van der Waals surface area contributed by atoms with E-state index in [1.807, 2.05) is 38.1 Å². The summed E-state index contributed by atoms with van der Waals surface area (Å²) in [6.07, 6.45) is 16.2. The predicted octanol–water partition coefficient (Wildman–Crippen LogP) is 7.55. The molecule has 1 atom stereocenters. The highest BCUT2D eigenvalue weighted by atomic mass is 16.5. The summed E-state index contributed by atoms with van der Waals surface area (Å²) < 4.78 is 17.0. The molecule has 6 heteroatoms. The molecule has 0 bridgehead atoms. The van der Waals surface area contributed by atoms with Crippen LogP contribution in [0.1, 0.15) is 97.8 Å². The van der Waals surface area contributed by atoms with Gasteiger partial charge >= 0.3 is 5.97 Å². The van der Waals surface area contributed by atoms with Crippen LogP contribution in [0.3, 0.4) is 0 Å². The molecular weight excluding hydrogens is 440 g/mol. The maximum Gasteiger partial charge on any atom is 0.306 e. The lowest BCUT2D eigenvalue weighted by atomic mass is 10.1. The van der Waals surface area contributed by atoms with Crippen LogP contribution in [0.25, 0.3) is 11.4 Å². The van der Waals surface area contributed by atoms with Gasteiger partial charge in [0.2, 0.25) is 0 Å². The molecule has 2 rings (SSSR count). The number of carbonyl (C=O) groups is 1. The van der Waals surface area contributed by atoms with Gasteiger partial charge in [-0.1, -0.05) is 46.0 Å². The Bertz CT molecular complexity index is 808. The second kappa shape index (κ2) is 17.8. The Hall–Kier alpha value is -2.63. The summed E-state index contributed by atoms with van der Waals surface area (Å²) in [6.45, 7) is 7.56. The van der Waals surface area contributed by atoms with E-state index < -0.39 is 0 Å². The quantitative estimate of drug-likeness (QED) is 0.151. The van der Waals surface area contributed by atoms with E-state index >= 15 is 0 Å². The average Bonchev–Trinajstić information content (AvgIpc) is 2.86. The highest BCUT2D eigenvalue weighted by Gasteiger charge is 2.08. The minimum Gasteiger partial charge on any atom is -0.494 e. The van der Waals surface area contributed by atoms with Crippen molar-refractivity contribution in [3.05, 3.63) is 36.7 Å². The Balaban J connectivity index is 1.60. The van der Waals surface area contributed by atoms with Crippen LogP contribution in [0.5, 0.6) is 11.5 Å². The van der Waals surface area contributed by atoms with Crippen LogP contribution in [-0.4, -0.2) is 35.3 Å². The Kier molecular flexibility index (Phi) is 14.5. The third-order valence-electron chi connectivity index (χ3n) is 5.82. The molecule has 0 fully saturated rings. The van der Waals surface area contributed by atoms with Crippen molar-refractivity contribution in [3.8, 4) is 22.9 Å². The SMILES string of the molecule is CCCCCCCCOc1ccc(-c2ncc(OCCCCCC(C)OC(=O)CCC)cn2)cc1. The molecule has 2 aromatic rings. The van der Waals surface area contributed by atoms with Gasteiger partial charge in [-0.2, -0.15) is 0 Å². The molecule has 0 radical (unpaired) electrons. The van der Waals surface area contributed by atoms with Gasteiger partial charge in [0.25, 0.3) is 0 Å². The van der Waals surface area contributed by atoms with Crippen molar-refractivity contribution in [2.45, 2.75) is 104 Å². The number of aromatic nitrogens is 2. The summed E-state index contributed by atoms with van der Waals surface area (Å²) in [4.78, 5) is 20.4. The Morgan fingerprint density at radius 2 is 1.37 bits per heavy atom. The smallest absolute Gasteiger partial charge is 0.306 e. The zero-order valence-corrected chi connectivity index (χ0v) is 22.0. The second-order valence-corrected chi connectivity index (χ2v) is 9.13. The molecule has 0 saturated heterocycles. The number of esters is 1. The van der Waals surface area contributed by atoms with Crippen molar-refractivity contribution in [2.75, 3.05) is 13.2 Å². The summed E-state index contributed by atoms with van der Waals surface area (Å²) in [5.41, 5.74) is 0.956. The lowest BCUT2D eigenvalue weighted by Gasteiger charge is -2.12. The van der Waals surface area contributed by atoms with Gasteiger partial charge in [-0.15, -0.1) is 0 Å². The van der Waals surface area contributed by atoms with Crippen molar-refractivity contribution in [1.82, 2.24) is 9.97 Å². The standard InChI is InChI=1S/C29H44N2O4/c1-4-6-7-8-9-12-20-33-26-18-16-25(17-19-26)29-30-22-27(23-31-29)34-21-13-10-11-15-24(3)35-28(32)14-5-2/h16-19,22-24H,4-15,20-21H2,1-3H3. The monoisotopic (exact) mass is 484 g/mol. The number of hydrogen-bond acceptors (Lipinski definition) is 6. The normalized spacial score (nSPS) is 11.7. The van der Waals surface area contributed by atoms with Gasteiger partial charge in [-0.25, -0.2) is 9.97 Å². The summed E-state index contributed by atoms with van der Waals surface area (Å²) in [5, 5.41) is 0. The summed E-state index contributed by atoms with van der Waals surface area (Å²) in [7, 11) is 0. The van der Waals surface area contributed by atoms with Crippen LogP contribution >= 0.6 is 0 Å². The Morgan fingerprint density at radius 1 is 0.771 bits per heavy atom. The van der Waals surface area contributed by atoms with Crippen LogP contribution in [0.2, 0.25) is 0 Å². The van der Waals surface area contributed by atoms with E-state index in [9.17, 15) is 4.79 Å². The van der Waals surface area contributed by atoms with Gasteiger partial charge in [0, 0.05) is 12.0 Å². The number of rotatable bonds is 19. The first kappa shape index (κ1) is 28.6. The fourth-order valence-electron chi connectivity index (χ4n) is 3.76. The first-order valence-corrected chi connectivity index (χ1v) is 13.5. The molecule has 1 unspecified atom stereocenters. The lowest BCUT2D eigenvalue weighted by molar-refractivity contribution is -0.148. The minimum absolute atomic E-state index is 0.0168. The molecule has 6 nitrogen and oxygen atoms in total. The maximum absolute atomic E-state index is 11.5. The van der Waals surface area contributed by atoms with Crippen molar-refractivity contribution in [3.63, 3.8) is 0 Å². The first-order valence-electron chi connectivity index (χ1n) is 13.5. The van der Waals surface area contributed by atoms with E-state index in [-0.39, 0.29) is 12.1 Å². The third kappa shape index (κ3) is 12.6. The highest BCUT2D eigenvalue weighted by molar-refractivity contribution is 5.69. The zero-order chi connectivity index (χ0) is 25.1. The molecule has 1 aromatic heterocycles. The van der Waals surface area contributed by atoms with E-state index in [1.54, 1.807) is 12.4 Å². The molecule has 194 valence electrons. The molecule has 0 aliphatic carbocycles. The van der Waals surface area contributed by atoms with Crippen molar-refractivity contribution in [2.24, 2.45) is 0 Å². The summed E-state index contributed by atoms with van der Waals surface area (Å²) in [6, 6.07) is 7.94. The number of nitrogens with zero attached hydrogens (tertiary/aromatic N) is 2. The van der Waals surface area contributed by atoms with E-state index in [0.717, 1.165) is 56.4 Å². The predicted molar refractivity (Wildman–Crippen MR) is 141 cm³/mol. The molecule has 35 heavy (non-hydrogen) atoms. The number of ether oxygens (including phenoxy) is 3. The largest absolute Gasteiger partial charge is 0.494 e. The molecule has 0 saturated carbocycles. The maximum atomic E-state index is 11.5. The highest BCUT2D eigenvalue weighted by Crippen LogP contribution is 2.21. The van der Waals surface area contributed by atoms with Gasteiger partial charge in [0.1, 0.15) is 5.75 Å². The fraction of sp³-hybridized carbons (Fsp3) is 0.621. The van der Waals surface area contributed by atoms with E-state index in [4.69, 9.17) is 14.2 Å². The Morgan fingerprint density at radius 3 is 2.03 bits per heavy atom. The number of carbonyl (C=O) groups excluding carboxylic acids is 1. The summed E-state index contributed by atoms with van der Waals surface area (Å²) >= 11 is 0. The lowest BCUT2D eigenvalue weighted by Crippen LogP contribution is -2.14. The van der Waals surface area contributed by atoms with Gasteiger partial charge in [-0.05, 0) is 69.7 Å². The summed E-state index contributed by atoms with van der Waals surface area (Å²) in [5.74, 6) is 2.14. The van der Waals surface area contributed by atoms with E-state index in [2.05, 4.69) is 16.9 Å². The molecule has 0 amide bonds. The van der Waals surface area contributed by atoms with Gasteiger partial charge < -0.3 is 14.2 Å². The molecule has 1 heterocycles. The van der Waals surface area contributed by atoms with Crippen molar-refractivity contribution < 1.29 is 19.0 Å². The van der Waals surface area contributed by atoms with Crippen molar-refractivity contribution in [1.29, 1.82) is 0 Å².